The van der Waals surface area contributed by atoms with Gasteiger partial charge in [-0.25, -0.2) is 0 Å². The molecule has 2 amide bonds. The van der Waals surface area contributed by atoms with E-state index in [1.165, 1.54) is 0 Å². The average Bonchev–Trinajstić information content (AvgIpc) is 3.05. The van der Waals surface area contributed by atoms with E-state index in [0.717, 1.165) is 12.0 Å². The van der Waals surface area contributed by atoms with Crippen molar-refractivity contribution in [3.8, 4) is 5.75 Å². The summed E-state index contributed by atoms with van der Waals surface area (Å²) in [5.41, 5.74) is 1.80. The van der Waals surface area contributed by atoms with Crippen LogP contribution in [-0.4, -0.2) is 24.0 Å². The third-order valence-electron chi connectivity index (χ3n) is 4.41. The first-order valence-electron chi connectivity index (χ1n) is 8.63. The second kappa shape index (κ2) is 7.79. The number of halogens is 1. The molecule has 2 atom stereocenters. The Labute approximate surface area is 157 Å². The van der Waals surface area contributed by atoms with Crippen LogP contribution in [0.3, 0.4) is 0 Å². The zero-order valence-electron chi connectivity index (χ0n) is 14.7. The fourth-order valence-electron chi connectivity index (χ4n) is 2.77. The number of benzene rings is 2. The highest BCUT2D eigenvalue weighted by Crippen LogP contribution is 2.31. The van der Waals surface area contributed by atoms with Gasteiger partial charge >= 0.3 is 0 Å². The summed E-state index contributed by atoms with van der Waals surface area (Å²) < 4.78 is 5.71. The van der Waals surface area contributed by atoms with Crippen LogP contribution in [0.2, 0.25) is 5.02 Å². The Balaban J connectivity index is 1.72. The van der Waals surface area contributed by atoms with Gasteiger partial charge in [0.2, 0.25) is 0 Å². The molecule has 1 aliphatic heterocycles. The molecule has 3 rings (SSSR count). The lowest BCUT2D eigenvalue weighted by molar-refractivity contribution is -0.122. The summed E-state index contributed by atoms with van der Waals surface area (Å²) in [6.07, 6.45) is 0.633. The second-order valence-electron chi connectivity index (χ2n) is 6.38. The SMILES string of the molecule is CC[C@@H](C)NC(=O)c1ccccc1NC(=O)[C@H]1Cc2cc(Cl)ccc2O1. The smallest absolute Gasteiger partial charge is 0.265 e. The molecule has 6 heteroatoms. The van der Waals surface area contributed by atoms with Gasteiger partial charge in [0.1, 0.15) is 5.75 Å². The van der Waals surface area contributed by atoms with E-state index >= 15 is 0 Å². The number of fused-ring (bicyclic) bond motifs is 1. The van der Waals surface area contributed by atoms with Crippen molar-refractivity contribution in [3.63, 3.8) is 0 Å². The van der Waals surface area contributed by atoms with Gasteiger partial charge in [-0.1, -0.05) is 30.7 Å². The zero-order valence-corrected chi connectivity index (χ0v) is 15.5. The summed E-state index contributed by atoms with van der Waals surface area (Å²) in [5.74, 6) is 0.163. The zero-order chi connectivity index (χ0) is 18.7. The Morgan fingerprint density at radius 1 is 1.27 bits per heavy atom. The quantitative estimate of drug-likeness (QED) is 0.838. The van der Waals surface area contributed by atoms with Gasteiger partial charge in [-0.2, -0.15) is 0 Å². The number of hydrogen-bond acceptors (Lipinski definition) is 3. The largest absolute Gasteiger partial charge is 0.480 e. The second-order valence-corrected chi connectivity index (χ2v) is 6.82. The van der Waals surface area contributed by atoms with E-state index in [2.05, 4.69) is 10.6 Å². The van der Waals surface area contributed by atoms with E-state index < -0.39 is 6.10 Å². The number of hydrogen-bond donors (Lipinski definition) is 2. The third-order valence-corrected chi connectivity index (χ3v) is 4.64. The average molecular weight is 373 g/mol. The van der Waals surface area contributed by atoms with Crippen LogP contribution in [0.15, 0.2) is 42.5 Å². The van der Waals surface area contributed by atoms with Crippen LogP contribution in [0.4, 0.5) is 5.69 Å². The Kier molecular flexibility index (Phi) is 5.47. The number of nitrogens with one attached hydrogen (secondary N) is 2. The van der Waals surface area contributed by atoms with Gasteiger partial charge in [0.05, 0.1) is 11.3 Å². The molecule has 26 heavy (non-hydrogen) atoms. The van der Waals surface area contributed by atoms with Gasteiger partial charge in [-0.05, 0) is 49.2 Å². The number of amides is 2. The molecule has 1 aliphatic rings. The van der Waals surface area contributed by atoms with Crippen LogP contribution < -0.4 is 15.4 Å². The minimum Gasteiger partial charge on any atom is -0.480 e. The van der Waals surface area contributed by atoms with Gasteiger partial charge in [-0.15, -0.1) is 0 Å². The van der Waals surface area contributed by atoms with E-state index in [9.17, 15) is 9.59 Å². The first kappa shape index (κ1) is 18.3. The molecule has 0 radical (unpaired) electrons. The molecule has 0 fully saturated rings. The first-order chi connectivity index (χ1) is 12.5. The van der Waals surface area contributed by atoms with Gasteiger partial charge < -0.3 is 15.4 Å². The van der Waals surface area contributed by atoms with Crippen molar-refractivity contribution in [2.45, 2.75) is 38.8 Å². The number of anilines is 1. The molecular formula is C20H21ClN2O3. The lowest BCUT2D eigenvalue weighted by Crippen LogP contribution is -2.34. The van der Waals surface area contributed by atoms with Crippen molar-refractivity contribution >= 4 is 29.1 Å². The van der Waals surface area contributed by atoms with Crippen LogP contribution >= 0.6 is 11.6 Å². The van der Waals surface area contributed by atoms with Crippen LogP contribution in [0, 0.1) is 0 Å². The fraction of sp³-hybridized carbons (Fsp3) is 0.300. The number of para-hydroxylation sites is 1. The number of carbonyl (C=O) groups excluding carboxylic acids is 2. The molecule has 2 aromatic rings. The Bertz CT molecular complexity index is 838. The van der Waals surface area contributed by atoms with E-state index in [-0.39, 0.29) is 17.9 Å². The monoisotopic (exact) mass is 372 g/mol. The van der Waals surface area contributed by atoms with Gasteiger partial charge in [0.15, 0.2) is 6.10 Å². The molecule has 5 nitrogen and oxygen atoms in total. The van der Waals surface area contributed by atoms with Crippen molar-refractivity contribution < 1.29 is 14.3 Å². The maximum absolute atomic E-state index is 12.6. The maximum atomic E-state index is 12.6. The molecule has 136 valence electrons. The molecule has 0 saturated carbocycles. The van der Waals surface area contributed by atoms with E-state index in [4.69, 9.17) is 16.3 Å². The van der Waals surface area contributed by atoms with Gasteiger partial charge in [0, 0.05) is 17.5 Å². The van der Waals surface area contributed by atoms with Crippen LogP contribution in [0.25, 0.3) is 0 Å². The van der Waals surface area contributed by atoms with Crippen molar-refractivity contribution in [1.82, 2.24) is 5.32 Å². The maximum Gasteiger partial charge on any atom is 0.265 e. The minimum atomic E-state index is -0.644. The van der Waals surface area contributed by atoms with E-state index in [1.54, 1.807) is 42.5 Å². The van der Waals surface area contributed by atoms with Crippen LogP contribution in [-0.2, 0) is 11.2 Å². The number of rotatable bonds is 5. The summed E-state index contributed by atoms with van der Waals surface area (Å²) in [6.45, 7) is 3.94. The summed E-state index contributed by atoms with van der Waals surface area (Å²) in [5, 5.41) is 6.34. The predicted molar refractivity (Wildman–Crippen MR) is 102 cm³/mol. The molecule has 2 N–H and O–H groups in total. The predicted octanol–water partition coefficient (Wildman–Crippen LogP) is 3.81. The van der Waals surface area contributed by atoms with Gasteiger partial charge in [0.25, 0.3) is 11.8 Å². The number of carbonyl (C=O) groups is 2. The normalized spacial score (nSPS) is 16.3. The van der Waals surface area contributed by atoms with Crippen molar-refractivity contribution in [1.29, 1.82) is 0 Å². The highest BCUT2D eigenvalue weighted by molar-refractivity contribution is 6.30. The van der Waals surface area contributed by atoms with Crippen LogP contribution in [0.5, 0.6) is 5.75 Å². The number of ether oxygens (including phenoxy) is 1. The highest BCUT2D eigenvalue weighted by Gasteiger charge is 2.30. The summed E-state index contributed by atoms with van der Waals surface area (Å²) in [7, 11) is 0. The Hall–Kier alpha value is -2.53. The molecule has 0 aliphatic carbocycles. The molecule has 1 heterocycles. The molecule has 0 spiro atoms. The topological polar surface area (TPSA) is 67.4 Å². The standard InChI is InChI=1S/C20H21ClN2O3/c1-3-12(2)22-19(24)15-6-4-5-7-16(15)23-20(25)18-11-13-10-14(21)8-9-17(13)26-18/h4-10,12,18H,3,11H2,1-2H3,(H,22,24)(H,23,25)/t12-,18-/m1/s1. The lowest BCUT2D eigenvalue weighted by Gasteiger charge is -2.16. The molecule has 0 saturated heterocycles. The third kappa shape index (κ3) is 3.99. The molecule has 0 unspecified atom stereocenters. The van der Waals surface area contributed by atoms with Crippen molar-refractivity contribution in [2.75, 3.05) is 5.32 Å². The first-order valence-corrected chi connectivity index (χ1v) is 9.01. The highest BCUT2D eigenvalue weighted by atomic mass is 35.5. The van der Waals surface area contributed by atoms with Crippen molar-refractivity contribution in [2.24, 2.45) is 0 Å². The van der Waals surface area contributed by atoms with Crippen molar-refractivity contribution in [3.05, 3.63) is 58.6 Å². The summed E-state index contributed by atoms with van der Waals surface area (Å²) in [4.78, 5) is 25.1. The van der Waals surface area contributed by atoms with Crippen LogP contribution in [0.1, 0.15) is 36.2 Å². The van der Waals surface area contributed by atoms with Gasteiger partial charge in [-0.3, -0.25) is 9.59 Å². The van der Waals surface area contributed by atoms with E-state index in [0.29, 0.717) is 28.4 Å². The Morgan fingerprint density at radius 3 is 2.81 bits per heavy atom. The fourth-order valence-corrected chi connectivity index (χ4v) is 2.97. The molecular weight excluding hydrogens is 352 g/mol. The summed E-state index contributed by atoms with van der Waals surface area (Å²) >= 11 is 5.99. The molecule has 2 aromatic carbocycles. The summed E-state index contributed by atoms with van der Waals surface area (Å²) in [6, 6.07) is 12.3. The molecule has 0 bridgehead atoms. The minimum absolute atomic E-state index is 0.0590. The van der Waals surface area contributed by atoms with E-state index in [1.807, 2.05) is 13.8 Å². The molecule has 0 aromatic heterocycles. The lowest BCUT2D eigenvalue weighted by atomic mass is 10.1. The Morgan fingerprint density at radius 2 is 2.04 bits per heavy atom.